The Bertz CT molecular complexity index is 606. The molecule has 0 radical (unpaired) electrons. The van der Waals surface area contributed by atoms with Crippen LogP contribution in [0.2, 0.25) is 0 Å². The van der Waals surface area contributed by atoms with E-state index >= 15 is 0 Å². The lowest BCUT2D eigenvalue weighted by Gasteiger charge is -2.61. The van der Waals surface area contributed by atoms with Crippen LogP contribution in [0.4, 0.5) is 0 Å². The van der Waals surface area contributed by atoms with Crippen LogP contribution in [-0.2, 0) is 4.79 Å². The lowest BCUT2D eigenvalue weighted by atomic mass is 9.44. The predicted molar refractivity (Wildman–Crippen MR) is 93.3 cm³/mol. The third-order valence-electron chi connectivity index (χ3n) is 8.78. The van der Waals surface area contributed by atoms with Crippen LogP contribution in [-0.4, -0.2) is 27.7 Å². The second-order valence-corrected chi connectivity index (χ2v) is 9.92. The zero-order chi connectivity index (χ0) is 17.5. The molecule has 0 bridgehead atoms. The number of aliphatic hydroxyl groups is 2. The monoisotopic (exact) mass is 332 g/mol. The van der Waals surface area contributed by atoms with Crippen molar-refractivity contribution in [3.05, 3.63) is 11.6 Å². The maximum atomic E-state index is 12.0. The molecule has 0 heterocycles. The molecule has 4 aliphatic rings. The summed E-state index contributed by atoms with van der Waals surface area (Å²) in [7, 11) is 0. The molecule has 0 amide bonds. The van der Waals surface area contributed by atoms with Crippen molar-refractivity contribution in [1.82, 2.24) is 0 Å². The van der Waals surface area contributed by atoms with Gasteiger partial charge in [0.05, 0.1) is 11.7 Å². The molecule has 8 unspecified atom stereocenters. The van der Waals surface area contributed by atoms with Gasteiger partial charge in [-0.2, -0.15) is 0 Å². The van der Waals surface area contributed by atoms with Crippen molar-refractivity contribution >= 4 is 5.78 Å². The van der Waals surface area contributed by atoms with Crippen LogP contribution in [0.3, 0.4) is 0 Å². The van der Waals surface area contributed by atoms with Crippen molar-refractivity contribution in [1.29, 1.82) is 0 Å². The second kappa shape index (κ2) is 4.94. The van der Waals surface area contributed by atoms with Gasteiger partial charge in [-0.15, -0.1) is 0 Å². The average molecular weight is 332 g/mol. The number of allylic oxidation sites excluding steroid dienone is 1. The van der Waals surface area contributed by atoms with Crippen LogP contribution in [0.15, 0.2) is 11.6 Å². The number of rotatable bonds is 0. The number of aliphatic hydroxyl groups excluding tert-OH is 1. The van der Waals surface area contributed by atoms with Crippen LogP contribution in [0.5, 0.6) is 0 Å². The topological polar surface area (TPSA) is 57.5 Å². The molecule has 3 saturated carbocycles. The number of carbonyl (C=O) groups is 1. The summed E-state index contributed by atoms with van der Waals surface area (Å²) in [5, 5.41) is 22.2. The van der Waals surface area contributed by atoms with Crippen molar-refractivity contribution in [2.75, 3.05) is 0 Å². The molecular formula is C21H32O3. The highest BCUT2D eigenvalue weighted by Crippen LogP contribution is 2.68. The molecule has 0 saturated heterocycles. The molecule has 3 fully saturated rings. The molecule has 134 valence electrons. The summed E-state index contributed by atoms with van der Waals surface area (Å²) in [6.45, 7) is 8.72. The molecule has 0 aromatic rings. The average Bonchev–Trinajstić information content (AvgIpc) is 2.71. The molecule has 8 atom stereocenters. The maximum absolute atomic E-state index is 12.0. The van der Waals surface area contributed by atoms with E-state index in [1.54, 1.807) is 0 Å². The number of hydrogen-bond donors (Lipinski definition) is 2. The van der Waals surface area contributed by atoms with E-state index in [1.165, 1.54) is 5.57 Å². The maximum Gasteiger partial charge on any atom is 0.155 e. The molecule has 24 heavy (non-hydrogen) atoms. The molecule has 4 aliphatic carbocycles. The number of carbonyl (C=O) groups excluding carboxylic acids is 1. The van der Waals surface area contributed by atoms with E-state index in [9.17, 15) is 15.0 Å². The highest BCUT2D eigenvalue weighted by molar-refractivity contribution is 5.91. The first-order valence-electron chi connectivity index (χ1n) is 9.75. The lowest BCUT2D eigenvalue weighted by Crippen LogP contribution is -2.60. The summed E-state index contributed by atoms with van der Waals surface area (Å²) in [5.74, 6) is 1.84. The molecule has 3 heteroatoms. The van der Waals surface area contributed by atoms with E-state index in [1.807, 2.05) is 13.0 Å². The van der Waals surface area contributed by atoms with Gasteiger partial charge in [-0.05, 0) is 74.2 Å². The van der Waals surface area contributed by atoms with Crippen LogP contribution in [0.1, 0.15) is 66.2 Å². The number of fused-ring (bicyclic) bond motifs is 5. The quantitative estimate of drug-likeness (QED) is 0.714. The van der Waals surface area contributed by atoms with Crippen molar-refractivity contribution in [3.8, 4) is 0 Å². The fraction of sp³-hybridized carbons (Fsp3) is 0.857. The van der Waals surface area contributed by atoms with Crippen molar-refractivity contribution in [3.63, 3.8) is 0 Å². The fourth-order valence-electron chi connectivity index (χ4n) is 7.34. The highest BCUT2D eigenvalue weighted by Gasteiger charge is 2.65. The summed E-state index contributed by atoms with van der Waals surface area (Å²) in [6, 6.07) is 0. The Kier molecular flexibility index (Phi) is 3.46. The largest absolute Gasteiger partial charge is 0.393 e. The summed E-state index contributed by atoms with van der Waals surface area (Å²) in [4.78, 5) is 12.0. The standard InChI is InChI=1S/C21H32O3/c1-12-9-14-15-6-8-21(4,24)20(15,3)11-17(23)18(14)19(2)7-5-13(22)10-16(12)19/h10,12,14-15,17-18,23-24H,5-9,11H2,1-4H3. The summed E-state index contributed by atoms with van der Waals surface area (Å²) < 4.78 is 0. The van der Waals surface area contributed by atoms with Crippen LogP contribution >= 0.6 is 0 Å². The third kappa shape index (κ3) is 1.94. The zero-order valence-electron chi connectivity index (χ0n) is 15.5. The van der Waals surface area contributed by atoms with Gasteiger partial charge in [0.1, 0.15) is 0 Å². The summed E-state index contributed by atoms with van der Waals surface area (Å²) in [5.41, 5.74) is 0.375. The smallest absolute Gasteiger partial charge is 0.155 e. The number of hydrogen-bond acceptors (Lipinski definition) is 3. The van der Waals surface area contributed by atoms with E-state index < -0.39 is 5.60 Å². The Morgan fingerprint density at radius 3 is 2.62 bits per heavy atom. The van der Waals surface area contributed by atoms with Gasteiger partial charge in [-0.25, -0.2) is 0 Å². The van der Waals surface area contributed by atoms with Crippen molar-refractivity contribution in [2.45, 2.75) is 77.9 Å². The molecule has 2 N–H and O–H groups in total. The fourth-order valence-corrected chi connectivity index (χ4v) is 7.34. The van der Waals surface area contributed by atoms with E-state index in [0.717, 1.165) is 25.7 Å². The Hall–Kier alpha value is -0.670. The lowest BCUT2D eigenvalue weighted by molar-refractivity contribution is -0.170. The number of ketones is 1. The Balaban J connectivity index is 1.79. The Labute approximate surface area is 145 Å². The highest BCUT2D eigenvalue weighted by atomic mass is 16.3. The van der Waals surface area contributed by atoms with Crippen molar-refractivity contribution in [2.24, 2.45) is 34.5 Å². The van der Waals surface area contributed by atoms with E-state index in [2.05, 4.69) is 20.8 Å². The minimum atomic E-state index is -0.674. The van der Waals surface area contributed by atoms with Gasteiger partial charge in [0.25, 0.3) is 0 Å². The van der Waals surface area contributed by atoms with Crippen LogP contribution < -0.4 is 0 Å². The van der Waals surface area contributed by atoms with Gasteiger partial charge < -0.3 is 10.2 Å². The third-order valence-corrected chi connectivity index (χ3v) is 8.78. The summed E-state index contributed by atoms with van der Waals surface area (Å²) >= 11 is 0. The van der Waals surface area contributed by atoms with Gasteiger partial charge in [0, 0.05) is 11.8 Å². The Morgan fingerprint density at radius 1 is 1.21 bits per heavy atom. The van der Waals surface area contributed by atoms with Crippen molar-refractivity contribution < 1.29 is 15.0 Å². The molecular weight excluding hydrogens is 300 g/mol. The van der Waals surface area contributed by atoms with Crippen LogP contribution in [0.25, 0.3) is 0 Å². The Morgan fingerprint density at radius 2 is 1.92 bits per heavy atom. The molecule has 0 spiro atoms. The van der Waals surface area contributed by atoms with E-state index in [0.29, 0.717) is 30.6 Å². The molecule has 4 rings (SSSR count). The second-order valence-electron chi connectivity index (χ2n) is 9.92. The van der Waals surface area contributed by atoms with E-state index in [4.69, 9.17) is 0 Å². The molecule has 0 aromatic carbocycles. The molecule has 0 aliphatic heterocycles. The van der Waals surface area contributed by atoms with Gasteiger partial charge in [-0.1, -0.05) is 26.3 Å². The zero-order valence-corrected chi connectivity index (χ0v) is 15.5. The van der Waals surface area contributed by atoms with Gasteiger partial charge in [-0.3, -0.25) is 4.79 Å². The SMILES string of the molecule is CC1CC2C(C(O)CC3(C)C2CCC3(C)O)C2(C)CCC(=O)C=C12. The van der Waals surface area contributed by atoms with Gasteiger partial charge in [0.2, 0.25) is 0 Å². The first kappa shape index (κ1) is 16.8. The first-order valence-corrected chi connectivity index (χ1v) is 9.75. The van der Waals surface area contributed by atoms with E-state index in [-0.39, 0.29) is 28.6 Å². The molecule has 3 nitrogen and oxygen atoms in total. The minimum absolute atomic E-state index is 0.0502. The summed E-state index contributed by atoms with van der Waals surface area (Å²) in [6.07, 6.45) is 6.66. The molecule has 0 aromatic heterocycles. The normalized spacial score (nSPS) is 57.0. The van der Waals surface area contributed by atoms with Crippen LogP contribution in [0, 0.1) is 34.5 Å². The first-order chi connectivity index (χ1) is 11.1. The van der Waals surface area contributed by atoms with Gasteiger partial charge >= 0.3 is 0 Å². The predicted octanol–water partition coefficient (Wildman–Crippen LogP) is 3.49. The minimum Gasteiger partial charge on any atom is -0.393 e. The van der Waals surface area contributed by atoms with Gasteiger partial charge in [0.15, 0.2) is 5.78 Å².